The molecule has 0 radical (unpaired) electrons. The van der Waals surface area contributed by atoms with Gasteiger partial charge < -0.3 is 0 Å². The van der Waals surface area contributed by atoms with E-state index >= 15 is 0 Å². The number of aryl methyl sites for hydroxylation is 1. The van der Waals surface area contributed by atoms with Gasteiger partial charge in [0.05, 0.1) is 0 Å². The van der Waals surface area contributed by atoms with Gasteiger partial charge in [-0.2, -0.15) is 0 Å². The van der Waals surface area contributed by atoms with Crippen molar-refractivity contribution in [3.05, 3.63) is 28.8 Å². The number of unbranched alkanes of at least 4 members (excludes halogenated alkanes) is 2. The Morgan fingerprint density at radius 1 is 0.864 bits per heavy atom. The van der Waals surface area contributed by atoms with Crippen LogP contribution in [-0.2, 0) is 0 Å². The highest BCUT2D eigenvalue weighted by atomic mass is 31.1. The maximum absolute atomic E-state index is 2.49. The quantitative estimate of drug-likeness (QED) is 0.495. The molecule has 22 heavy (non-hydrogen) atoms. The van der Waals surface area contributed by atoms with Gasteiger partial charge in [0.25, 0.3) is 0 Å². The van der Waals surface area contributed by atoms with Crippen LogP contribution in [0, 0.1) is 20.8 Å². The van der Waals surface area contributed by atoms with Crippen LogP contribution < -0.4 is 5.30 Å². The van der Waals surface area contributed by atoms with E-state index in [0.29, 0.717) is 0 Å². The predicted molar refractivity (Wildman–Crippen MR) is 103 cm³/mol. The molecule has 1 heteroatoms. The average molecular weight is 318 g/mol. The zero-order chi connectivity index (χ0) is 16.1. The molecule has 0 bridgehead atoms. The highest BCUT2D eigenvalue weighted by molar-refractivity contribution is 7.67. The number of rotatable bonds is 7. The minimum absolute atomic E-state index is 0.0603. The summed E-state index contributed by atoms with van der Waals surface area (Å²) in [5.74, 6) is 0. The SMILES string of the molecule is CCCCC1CCC(CCCC)P1c1ccc(C)c(C)c1C. The largest absolute Gasteiger partial charge is 0.0687 e. The standard InChI is InChI=1S/C21H35P/c1-6-8-10-19-13-14-20(11-9-7-2)22(19)21-15-12-16(3)17(4)18(21)5/h12,15,19-20H,6-11,13-14H2,1-5H3. The molecule has 1 heterocycles. The molecule has 1 aliphatic rings. The third-order valence-electron chi connectivity index (χ3n) is 5.71. The molecule has 2 unspecified atom stereocenters. The monoisotopic (exact) mass is 318 g/mol. The van der Waals surface area contributed by atoms with Crippen LogP contribution in [-0.4, -0.2) is 11.3 Å². The van der Waals surface area contributed by atoms with Crippen molar-refractivity contribution >= 4 is 13.2 Å². The number of hydrogen-bond acceptors (Lipinski definition) is 0. The Morgan fingerprint density at radius 2 is 1.41 bits per heavy atom. The maximum atomic E-state index is 2.49. The second kappa shape index (κ2) is 8.49. The van der Waals surface area contributed by atoms with Crippen LogP contribution in [0.2, 0.25) is 0 Å². The lowest BCUT2D eigenvalue weighted by atomic mass is 10.1. The molecular formula is C21H35P. The Hall–Kier alpha value is -0.350. The summed E-state index contributed by atoms with van der Waals surface area (Å²) in [6.07, 6.45) is 11.5. The minimum atomic E-state index is 0.0603. The van der Waals surface area contributed by atoms with Crippen molar-refractivity contribution in [1.29, 1.82) is 0 Å². The summed E-state index contributed by atoms with van der Waals surface area (Å²) in [6.45, 7) is 11.6. The van der Waals surface area contributed by atoms with Crippen molar-refractivity contribution in [2.45, 2.75) is 97.3 Å². The summed E-state index contributed by atoms with van der Waals surface area (Å²) >= 11 is 0. The molecule has 1 saturated heterocycles. The maximum Gasteiger partial charge on any atom is -0.0166 e. The van der Waals surface area contributed by atoms with Crippen LogP contribution in [0.5, 0.6) is 0 Å². The van der Waals surface area contributed by atoms with Crippen LogP contribution in [0.1, 0.15) is 81.9 Å². The van der Waals surface area contributed by atoms with Gasteiger partial charge in [0, 0.05) is 0 Å². The van der Waals surface area contributed by atoms with E-state index in [2.05, 4.69) is 46.8 Å². The van der Waals surface area contributed by atoms with Gasteiger partial charge in [0.1, 0.15) is 0 Å². The van der Waals surface area contributed by atoms with Gasteiger partial charge in [-0.05, 0) is 79.8 Å². The van der Waals surface area contributed by atoms with E-state index in [4.69, 9.17) is 0 Å². The third-order valence-corrected chi connectivity index (χ3v) is 9.36. The molecule has 2 atom stereocenters. The van der Waals surface area contributed by atoms with E-state index in [9.17, 15) is 0 Å². The fourth-order valence-corrected chi connectivity index (χ4v) is 7.98. The van der Waals surface area contributed by atoms with Crippen LogP contribution in [0.3, 0.4) is 0 Å². The molecule has 1 fully saturated rings. The molecule has 0 aromatic heterocycles. The molecule has 0 aliphatic carbocycles. The molecule has 2 rings (SSSR count). The topological polar surface area (TPSA) is 0 Å². The summed E-state index contributed by atoms with van der Waals surface area (Å²) in [7, 11) is 0.0603. The summed E-state index contributed by atoms with van der Waals surface area (Å²) in [5, 5.41) is 1.75. The molecule has 0 spiro atoms. The van der Waals surface area contributed by atoms with Crippen molar-refractivity contribution in [3.8, 4) is 0 Å². The van der Waals surface area contributed by atoms with Gasteiger partial charge in [-0.3, -0.25) is 0 Å². The first-order valence-corrected chi connectivity index (χ1v) is 10.9. The molecule has 1 aromatic carbocycles. The lowest BCUT2D eigenvalue weighted by Gasteiger charge is -2.29. The van der Waals surface area contributed by atoms with Gasteiger partial charge in [-0.1, -0.05) is 59.6 Å². The van der Waals surface area contributed by atoms with Gasteiger partial charge >= 0.3 is 0 Å². The Kier molecular flexibility index (Phi) is 6.94. The van der Waals surface area contributed by atoms with E-state index in [1.165, 1.54) is 62.5 Å². The zero-order valence-electron chi connectivity index (χ0n) is 15.4. The first kappa shape index (κ1) is 18.0. The van der Waals surface area contributed by atoms with E-state index in [-0.39, 0.29) is 7.92 Å². The lowest BCUT2D eigenvalue weighted by molar-refractivity contribution is 0.618. The third kappa shape index (κ3) is 3.94. The van der Waals surface area contributed by atoms with Crippen LogP contribution in [0.15, 0.2) is 12.1 Å². The second-order valence-corrected chi connectivity index (χ2v) is 9.99. The summed E-state index contributed by atoms with van der Waals surface area (Å²) in [4.78, 5) is 0. The molecule has 1 aromatic rings. The molecule has 1 aliphatic heterocycles. The first-order valence-electron chi connectivity index (χ1n) is 9.45. The lowest BCUT2D eigenvalue weighted by Crippen LogP contribution is -2.18. The Labute approximate surface area is 139 Å². The van der Waals surface area contributed by atoms with Crippen molar-refractivity contribution in [3.63, 3.8) is 0 Å². The smallest absolute Gasteiger partial charge is 0.0166 e. The van der Waals surface area contributed by atoms with Crippen molar-refractivity contribution in [2.75, 3.05) is 0 Å². The fourth-order valence-electron chi connectivity index (χ4n) is 4.02. The predicted octanol–water partition coefficient (Wildman–Crippen LogP) is 6.63. The minimum Gasteiger partial charge on any atom is -0.0687 e. The second-order valence-electron chi connectivity index (χ2n) is 7.23. The van der Waals surface area contributed by atoms with Gasteiger partial charge in [0.2, 0.25) is 0 Å². The van der Waals surface area contributed by atoms with Crippen molar-refractivity contribution in [2.24, 2.45) is 0 Å². The van der Waals surface area contributed by atoms with Crippen LogP contribution in [0.4, 0.5) is 0 Å². The van der Waals surface area contributed by atoms with E-state index in [1.54, 1.807) is 10.9 Å². The zero-order valence-corrected chi connectivity index (χ0v) is 16.3. The number of hydrogen-bond donors (Lipinski definition) is 0. The average Bonchev–Trinajstić information content (AvgIpc) is 2.91. The number of benzene rings is 1. The first-order chi connectivity index (χ1) is 10.6. The summed E-state index contributed by atoms with van der Waals surface area (Å²) < 4.78 is 0. The highest BCUT2D eigenvalue weighted by Crippen LogP contribution is 2.58. The van der Waals surface area contributed by atoms with E-state index < -0.39 is 0 Å². The normalized spacial score (nSPS) is 24.9. The van der Waals surface area contributed by atoms with Crippen molar-refractivity contribution in [1.82, 2.24) is 0 Å². The fraction of sp³-hybridized carbons (Fsp3) is 0.714. The summed E-state index contributed by atoms with van der Waals surface area (Å²) in [5.41, 5.74) is 6.60. The van der Waals surface area contributed by atoms with Gasteiger partial charge in [-0.15, -0.1) is 0 Å². The van der Waals surface area contributed by atoms with Gasteiger partial charge in [0.15, 0.2) is 0 Å². The molecule has 0 N–H and O–H groups in total. The Bertz CT molecular complexity index is 461. The Balaban J connectivity index is 2.28. The summed E-state index contributed by atoms with van der Waals surface area (Å²) in [6, 6.07) is 4.87. The van der Waals surface area contributed by atoms with E-state index in [0.717, 1.165) is 11.3 Å². The van der Waals surface area contributed by atoms with Crippen LogP contribution >= 0.6 is 7.92 Å². The molecule has 0 nitrogen and oxygen atoms in total. The Morgan fingerprint density at radius 3 is 1.91 bits per heavy atom. The highest BCUT2D eigenvalue weighted by Gasteiger charge is 2.36. The molecular weight excluding hydrogens is 283 g/mol. The molecule has 0 saturated carbocycles. The molecule has 124 valence electrons. The van der Waals surface area contributed by atoms with Crippen molar-refractivity contribution < 1.29 is 0 Å². The van der Waals surface area contributed by atoms with Gasteiger partial charge in [-0.25, -0.2) is 0 Å². The molecule has 0 amide bonds. The van der Waals surface area contributed by atoms with Crippen LogP contribution in [0.25, 0.3) is 0 Å². The van der Waals surface area contributed by atoms with E-state index in [1.807, 2.05) is 0 Å².